The van der Waals surface area contributed by atoms with E-state index in [1.165, 1.54) is 18.9 Å². The van der Waals surface area contributed by atoms with Crippen LogP contribution in [-0.2, 0) is 9.53 Å². The smallest absolute Gasteiger partial charge is 0.337 e. The number of amides is 1. The van der Waals surface area contributed by atoms with Crippen LogP contribution in [0.2, 0.25) is 0 Å². The predicted molar refractivity (Wildman–Crippen MR) is 121 cm³/mol. The molecule has 0 aliphatic carbocycles. The summed E-state index contributed by atoms with van der Waals surface area (Å²) >= 11 is 7.84. The van der Waals surface area contributed by atoms with E-state index in [1.54, 1.807) is 47.4 Å². The fraction of sp³-hybridized carbons (Fsp3) is 0.150. The number of phenolic OH excluding ortho intramolecular Hbond substituents is 1. The molecule has 0 saturated carbocycles. The molecule has 1 saturated heterocycles. The summed E-state index contributed by atoms with van der Waals surface area (Å²) in [5.41, 5.74) is 1.70. The Morgan fingerprint density at radius 3 is 2.59 bits per heavy atom. The molecule has 29 heavy (non-hydrogen) atoms. The van der Waals surface area contributed by atoms with E-state index in [0.717, 1.165) is 5.56 Å². The quantitative estimate of drug-likeness (QED) is 0.419. The first-order chi connectivity index (χ1) is 13.8. The molecule has 1 aliphatic heterocycles. The third-order valence-electron chi connectivity index (χ3n) is 4.03. The van der Waals surface area contributed by atoms with Gasteiger partial charge in [0.1, 0.15) is 5.75 Å². The highest BCUT2D eigenvalue weighted by atomic mass is 79.9. The van der Waals surface area contributed by atoms with Crippen LogP contribution in [0.25, 0.3) is 6.08 Å². The third kappa shape index (κ3) is 4.73. The molecule has 1 amide bonds. The van der Waals surface area contributed by atoms with Gasteiger partial charge in [-0.1, -0.05) is 6.07 Å². The lowest BCUT2D eigenvalue weighted by Gasteiger charge is -2.12. The molecule has 1 aliphatic rings. The number of likely N-dealkylation sites (N-methyl/N-ethyl adjacent to an activating group) is 1. The van der Waals surface area contributed by atoms with Gasteiger partial charge in [-0.15, -0.1) is 0 Å². The minimum absolute atomic E-state index is 0.0977. The number of ether oxygens (including phenoxy) is 1. The standard InChI is InChI=1S/C20H16Br2N2O4S/c1-3-24-18(26)16(9-11-7-14(21)17(25)15(22)8-11)29-20(24)23-13-6-4-5-12(10-13)19(27)28-2/h4-10,25H,3H2,1-2H3. The van der Waals surface area contributed by atoms with Crippen LogP contribution >= 0.6 is 43.6 Å². The SMILES string of the molecule is CCN1C(=O)C(=Cc2cc(Br)c(O)c(Br)c2)SC1=Nc1cccc(C(=O)OC)c1. The summed E-state index contributed by atoms with van der Waals surface area (Å²) in [4.78, 5) is 31.2. The Kier molecular flexibility index (Phi) is 6.81. The number of hydrogen-bond donors (Lipinski definition) is 1. The number of aliphatic imine (C=N–C) groups is 1. The number of halogens is 2. The lowest BCUT2D eigenvalue weighted by atomic mass is 10.2. The highest BCUT2D eigenvalue weighted by Crippen LogP contribution is 2.37. The average Bonchev–Trinajstić information content (AvgIpc) is 2.99. The zero-order chi connectivity index (χ0) is 21.1. The van der Waals surface area contributed by atoms with Crippen LogP contribution in [0.5, 0.6) is 5.75 Å². The normalized spacial score (nSPS) is 16.7. The number of esters is 1. The molecule has 3 rings (SSSR count). The van der Waals surface area contributed by atoms with Crippen molar-refractivity contribution in [3.63, 3.8) is 0 Å². The number of phenols is 1. The van der Waals surface area contributed by atoms with Crippen molar-refractivity contribution in [3.8, 4) is 5.75 Å². The second kappa shape index (κ2) is 9.15. The number of nitrogens with zero attached hydrogens (tertiary/aromatic N) is 2. The summed E-state index contributed by atoms with van der Waals surface area (Å²) in [5.74, 6) is -0.500. The first kappa shape index (κ1) is 21.6. The molecule has 0 spiro atoms. The van der Waals surface area contributed by atoms with E-state index in [-0.39, 0.29) is 11.7 Å². The van der Waals surface area contributed by atoms with Crippen molar-refractivity contribution in [2.45, 2.75) is 6.92 Å². The maximum atomic E-state index is 12.8. The fourth-order valence-electron chi connectivity index (χ4n) is 2.62. The summed E-state index contributed by atoms with van der Waals surface area (Å²) in [6.07, 6.45) is 1.75. The number of amidine groups is 1. The zero-order valence-corrected chi connectivity index (χ0v) is 19.5. The maximum Gasteiger partial charge on any atom is 0.337 e. The Labute approximate surface area is 188 Å². The number of methoxy groups -OCH3 is 1. The molecule has 0 radical (unpaired) electrons. The number of carbonyl (C=O) groups is 2. The van der Waals surface area contributed by atoms with Gasteiger partial charge in [0, 0.05) is 6.54 Å². The second-order valence-electron chi connectivity index (χ2n) is 5.93. The van der Waals surface area contributed by atoms with Crippen LogP contribution in [-0.4, -0.2) is 40.7 Å². The summed E-state index contributed by atoms with van der Waals surface area (Å²) in [6, 6.07) is 10.2. The second-order valence-corrected chi connectivity index (χ2v) is 8.65. The van der Waals surface area contributed by atoms with Crippen LogP contribution in [0.3, 0.4) is 0 Å². The Morgan fingerprint density at radius 1 is 1.28 bits per heavy atom. The topological polar surface area (TPSA) is 79.2 Å². The lowest BCUT2D eigenvalue weighted by molar-refractivity contribution is -0.122. The highest BCUT2D eigenvalue weighted by Gasteiger charge is 2.32. The van der Waals surface area contributed by atoms with Crippen LogP contribution in [0, 0.1) is 0 Å². The monoisotopic (exact) mass is 538 g/mol. The van der Waals surface area contributed by atoms with Crippen molar-refractivity contribution >= 4 is 72.4 Å². The number of carbonyl (C=O) groups excluding carboxylic acids is 2. The van der Waals surface area contributed by atoms with Gasteiger partial charge in [0.15, 0.2) is 5.17 Å². The van der Waals surface area contributed by atoms with Gasteiger partial charge in [0.25, 0.3) is 5.91 Å². The van der Waals surface area contributed by atoms with E-state index in [9.17, 15) is 14.7 Å². The fourth-order valence-corrected chi connectivity index (χ4v) is 4.91. The largest absolute Gasteiger partial charge is 0.506 e. The lowest BCUT2D eigenvalue weighted by Crippen LogP contribution is -2.28. The minimum atomic E-state index is -0.446. The molecule has 1 fully saturated rings. The Balaban J connectivity index is 1.95. The summed E-state index contributed by atoms with van der Waals surface area (Å²) in [7, 11) is 1.32. The number of benzene rings is 2. The molecule has 0 atom stereocenters. The van der Waals surface area contributed by atoms with Gasteiger partial charge in [-0.05, 0) is 92.5 Å². The van der Waals surface area contributed by atoms with Gasteiger partial charge >= 0.3 is 5.97 Å². The Morgan fingerprint density at radius 2 is 1.97 bits per heavy atom. The van der Waals surface area contributed by atoms with E-state index in [1.807, 2.05) is 6.92 Å². The van der Waals surface area contributed by atoms with Gasteiger partial charge in [-0.2, -0.15) is 0 Å². The van der Waals surface area contributed by atoms with Gasteiger partial charge in [-0.3, -0.25) is 9.69 Å². The van der Waals surface area contributed by atoms with Crippen LogP contribution in [0.15, 0.2) is 55.2 Å². The van der Waals surface area contributed by atoms with E-state index in [4.69, 9.17) is 4.74 Å². The average molecular weight is 540 g/mol. The maximum absolute atomic E-state index is 12.8. The van der Waals surface area contributed by atoms with E-state index >= 15 is 0 Å². The van der Waals surface area contributed by atoms with Crippen molar-refractivity contribution in [1.82, 2.24) is 4.90 Å². The molecule has 0 bridgehead atoms. The summed E-state index contributed by atoms with van der Waals surface area (Å²) in [6.45, 7) is 2.33. The van der Waals surface area contributed by atoms with E-state index in [2.05, 4.69) is 36.9 Å². The summed E-state index contributed by atoms with van der Waals surface area (Å²) < 4.78 is 5.79. The summed E-state index contributed by atoms with van der Waals surface area (Å²) in [5, 5.41) is 10.4. The molecule has 2 aromatic carbocycles. The molecule has 150 valence electrons. The van der Waals surface area contributed by atoms with Crippen molar-refractivity contribution in [2.24, 2.45) is 4.99 Å². The number of rotatable bonds is 4. The van der Waals surface area contributed by atoms with Gasteiger partial charge in [0.05, 0.1) is 32.2 Å². The number of hydrogen-bond acceptors (Lipinski definition) is 6. The Hall–Kier alpha value is -2.10. The van der Waals surface area contributed by atoms with Crippen LogP contribution in [0.4, 0.5) is 5.69 Å². The molecule has 6 nitrogen and oxygen atoms in total. The van der Waals surface area contributed by atoms with Crippen molar-refractivity contribution in [2.75, 3.05) is 13.7 Å². The molecular weight excluding hydrogens is 524 g/mol. The van der Waals surface area contributed by atoms with E-state index < -0.39 is 5.97 Å². The van der Waals surface area contributed by atoms with Gasteiger partial charge in [0.2, 0.25) is 0 Å². The van der Waals surface area contributed by atoms with Crippen molar-refractivity contribution < 1.29 is 19.4 Å². The highest BCUT2D eigenvalue weighted by molar-refractivity contribution is 9.11. The molecule has 2 aromatic rings. The van der Waals surface area contributed by atoms with Gasteiger partial charge in [-0.25, -0.2) is 9.79 Å². The zero-order valence-electron chi connectivity index (χ0n) is 15.5. The van der Waals surface area contributed by atoms with Crippen molar-refractivity contribution in [1.29, 1.82) is 0 Å². The predicted octanol–water partition coefficient (Wildman–Crippen LogP) is 5.33. The Bertz CT molecular complexity index is 1030. The van der Waals surface area contributed by atoms with E-state index in [0.29, 0.717) is 36.8 Å². The van der Waals surface area contributed by atoms with Crippen LogP contribution in [0.1, 0.15) is 22.8 Å². The van der Waals surface area contributed by atoms with Gasteiger partial charge < -0.3 is 9.84 Å². The molecule has 0 aromatic heterocycles. The molecule has 0 unspecified atom stereocenters. The molecule has 1 N–H and O–H groups in total. The molecular formula is C20H16Br2N2O4S. The first-order valence-electron chi connectivity index (χ1n) is 8.50. The number of thioether (sulfide) groups is 1. The van der Waals surface area contributed by atoms with Crippen LogP contribution < -0.4 is 0 Å². The number of aromatic hydroxyl groups is 1. The van der Waals surface area contributed by atoms with Crippen molar-refractivity contribution in [3.05, 3.63) is 61.4 Å². The molecule has 1 heterocycles. The third-order valence-corrected chi connectivity index (χ3v) is 6.25. The molecule has 9 heteroatoms. The minimum Gasteiger partial charge on any atom is -0.506 e. The first-order valence-corrected chi connectivity index (χ1v) is 10.9.